The molecule has 0 saturated heterocycles. The van der Waals surface area contributed by atoms with Crippen LogP contribution in [0.3, 0.4) is 0 Å². The molecule has 0 saturated carbocycles. The zero-order valence-electron chi connectivity index (χ0n) is 21.5. The molecule has 2 N–H and O–H groups in total. The summed E-state index contributed by atoms with van der Waals surface area (Å²) in [5.74, 6) is -0.161. The van der Waals surface area contributed by atoms with Crippen molar-refractivity contribution in [2.45, 2.75) is 5.92 Å². The number of hydrogen-bond donors (Lipinski definition) is 2. The summed E-state index contributed by atoms with van der Waals surface area (Å²) in [6.07, 6.45) is 0. The number of carbonyl (C=O) groups excluding carboxylic acids is 1. The molecular weight excluding hydrogens is 514 g/mol. The second-order valence-corrected chi connectivity index (χ2v) is 9.75. The van der Waals surface area contributed by atoms with E-state index in [-0.39, 0.29) is 11.0 Å². The number of fused-ring (bicyclic) bond motifs is 1. The highest BCUT2D eigenvalue weighted by Crippen LogP contribution is 2.29. The Morgan fingerprint density at radius 2 is 1.23 bits per heavy atom. The lowest BCUT2D eigenvalue weighted by Crippen LogP contribution is -2.37. The van der Waals surface area contributed by atoms with E-state index in [4.69, 9.17) is 16.6 Å². The highest BCUT2D eigenvalue weighted by atomic mass is 32.1. The molecule has 0 radical (unpaired) electrons. The summed E-state index contributed by atoms with van der Waals surface area (Å²) >= 11 is 5.50. The van der Waals surface area contributed by atoms with Crippen LogP contribution in [0.5, 0.6) is 0 Å². The van der Waals surface area contributed by atoms with Crippen LogP contribution in [0.2, 0.25) is 0 Å². The van der Waals surface area contributed by atoms with E-state index in [0.717, 1.165) is 27.8 Å². The largest absolute Gasteiger partial charge is 0.436 e. The number of aromatic nitrogens is 1. The second kappa shape index (κ2) is 11.4. The summed E-state index contributed by atoms with van der Waals surface area (Å²) in [6, 6.07) is 43.2. The van der Waals surface area contributed by atoms with Gasteiger partial charge < -0.3 is 15.1 Å². The maximum atomic E-state index is 13.4. The van der Waals surface area contributed by atoms with Gasteiger partial charge in [0.05, 0.1) is 5.92 Å². The van der Waals surface area contributed by atoms with Gasteiger partial charge in [-0.1, -0.05) is 103 Å². The maximum Gasteiger partial charge on any atom is 0.238 e. The molecular formula is C34H25N3O2S. The molecule has 0 bridgehead atoms. The average Bonchev–Trinajstić information content (AvgIpc) is 3.42. The molecule has 0 aliphatic heterocycles. The van der Waals surface area contributed by atoms with Crippen LogP contribution in [-0.2, 0) is 4.79 Å². The van der Waals surface area contributed by atoms with Crippen molar-refractivity contribution in [2.75, 3.05) is 5.32 Å². The van der Waals surface area contributed by atoms with Crippen LogP contribution < -0.4 is 10.6 Å². The van der Waals surface area contributed by atoms with Crippen molar-refractivity contribution in [3.05, 3.63) is 145 Å². The molecule has 194 valence electrons. The normalized spacial score (nSPS) is 10.9. The zero-order valence-corrected chi connectivity index (χ0v) is 22.3. The predicted molar refractivity (Wildman–Crippen MR) is 164 cm³/mol. The zero-order chi connectivity index (χ0) is 27.3. The minimum atomic E-state index is -0.490. The minimum Gasteiger partial charge on any atom is -0.436 e. The van der Waals surface area contributed by atoms with Gasteiger partial charge in [-0.15, -0.1) is 0 Å². The molecule has 6 heteroatoms. The van der Waals surface area contributed by atoms with Gasteiger partial charge in [-0.05, 0) is 64.8 Å². The third kappa shape index (κ3) is 5.53. The Balaban J connectivity index is 1.17. The molecule has 5 nitrogen and oxygen atoms in total. The Hall–Kier alpha value is -5.07. The third-order valence-electron chi connectivity index (χ3n) is 6.65. The van der Waals surface area contributed by atoms with Crippen molar-refractivity contribution >= 4 is 40.0 Å². The van der Waals surface area contributed by atoms with E-state index in [1.54, 1.807) is 0 Å². The molecule has 0 atom stereocenters. The van der Waals surface area contributed by atoms with Crippen LogP contribution in [0.4, 0.5) is 5.69 Å². The second-order valence-electron chi connectivity index (χ2n) is 9.34. The Bertz CT molecular complexity index is 1730. The van der Waals surface area contributed by atoms with E-state index in [9.17, 15) is 4.79 Å². The summed E-state index contributed by atoms with van der Waals surface area (Å²) in [4.78, 5) is 18.1. The van der Waals surface area contributed by atoms with Gasteiger partial charge in [0, 0.05) is 11.3 Å². The SMILES string of the molecule is O=C(NC(=S)Nc1ccc2oc(-c3ccc(-c4ccccc4)cc3)nc2c1)C(c1ccccc1)c1ccccc1. The fraction of sp³-hybridized carbons (Fsp3) is 0.0294. The molecule has 0 spiro atoms. The monoisotopic (exact) mass is 539 g/mol. The van der Waals surface area contributed by atoms with E-state index >= 15 is 0 Å². The van der Waals surface area contributed by atoms with E-state index in [2.05, 4.69) is 39.9 Å². The highest BCUT2D eigenvalue weighted by molar-refractivity contribution is 7.80. The van der Waals surface area contributed by atoms with Crippen molar-refractivity contribution in [3.63, 3.8) is 0 Å². The van der Waals surface area contributed by atoms with Gasteiger partial charge in [-0.2, -0.15) is 0 Å². The van der Waals surface area contributed by atoms with Crippen molar-refractivity contribution in [1.29, 1.82) is 0 Å². The standard InChI is InChI=1S/C34H25N3O2S/c38-32(31(25-12-6-2-7-13-25)26-14-8-3-9-15-26)37-34(40)35-28-20-21-30-29(22-28)36-33(39-30)27-18-16-24(17-19-27)23-10-4-1-5-11-23/h1-22,31H,(H2,35,37,38,40). The number of carbonyl (C=O) groups is 1. The van der Waals surface area contributed by atoms with Crippen LogP contribution >= 0.6 is 12.2 Å². The molecule has 0 unspecified atom stereocenters. The Labute approximate surface area is 237 Å². The van der Waals surface area contributed by atoms with Gasteiger partial charge in [0.2, 0.25) is 11.8 Å². The first-order chi connectivity index (χ1) is 19.6. The van der Waals surface area contributed by atoms with Crippen LogP contribution in [0.1, 0.15) is 17.0 Å². The average molecular weight is 540 g/mol. The molecule has 6 aromatic rings. The quantitative estimate of drug-likeness (QED) is 0.211. The molecule has 1 heterocycles. The number of anilines is 1. The Kier molecular flexibility index (Phi) is 7.16. The number of oxazole rings is 1. The number of nitrogens with one attached hydrogen (secondary N) is 2. The van der Waals surface area contributed by atoms with Crippen molar-refractivity contribution in [3.8, 4) is 22.6 Å². The van der Waals surface area contributed by atoms with Gasteiger partial charge in [-0.3, -0.25) is 4.79 Å². The summed E-state index contributed by atoms with van der Waals surface area (Å²) < 4.78 is 6.01. The lowest BCUT2D eigenvalue weighted by Gasteiger charge is -2.18. The van der Waals surface area contributed by atoms with E-state index in [1.807, 2.05) is 109 Å². The first-order valence-electron chi connectivity index (χ1n) is 12.9. The van der Waals surface area contributed by atoms with Gasteiger partial charge in [0.15, 0.2) is 10.7 Å². The molecule has 0 fully saturated rings. The van der Waals surface area contributed by atoms with Crippen molar-refractivity contribution in [2.24, 2.45) is 0 Å². The number of hydrogen-bond acceptors (Lipinski definition) is 4. The molecule has 1 amide bonds. The van der Waals surface area contributed by atoms with E-state index in [1.165, 1.54) is 0 Å². The Morgan fingerprint density at radius 1 is 0.675 bits per heavy atom. The van der Waals surface area contributed by atoms with Crippen LogP contribution in [0.25, 0.3) is 33.7 Å². The van der Waals surface area contributed by atoms with Gasteiger partial charge in [-0.25, -0.2) is 4.98 Å². The fourth-order valence-corrected chi connectivity index (χ4v) is 4.92. The summed E-state index contributed by atoms with van der Waals surface area (Å²) in [7, 11) is 0. The topological polar surface area (TPSA) is 67.2 Å². The summed E-state index contributed by atoms with van der Waals surface area (Å²) in [6.45, 7) is 0. The highest BCUT2D eigenvalue weighted by Gasteiger charge is 2.23. The van der Waals surface area contributed by atoms with Crippen molar-refractivity contribution < 1.29 is 9.21 Å². The fourth-order valence-electron chi connectivity index (χ4n) is 4.70. The minimum absolute atomic E-state index is 0.210. The van der Waals surface area contributed by atoms with Gasteiger partial charge in [0.1, 0.15) is 5.52 Å². The van der Waals surface area contributed by atoms with Gasteiger partial charge >= 0.3 is 0 Å². The number of thiocarbonyl (C=S) groups is 1. The van der Waals surface area contributed by atoms with Crippen LogP contribution in [0.15, 0.2) is 138 Å². The first-order valence-corrected chi connectivity index (χ1v) is 13.3. The van der Waals surface area contributed by atoms with Crippen LogP contribution in [0, 0.1) is 0 Å². The van der Waals surface area contributed by atoms with Crippen LogP contribution in [-0.4, -0.2) is 16.0 Å². The molecule has 5 aromatic carbocycles. The number of nitrogens with zero attached hydrogens (tertiary/aromatic N) is 1. The van der Waals surface area contributed by atoms with E-state index < -0.39 is 5.92 Å². The summed E-state index contributed by atoms with van der Waals surface area (Å²) in [5, 5.41) is 6.19. The number of benzene rings is 5. The molecule has 0 aliphatic rings. The molecule has 1 aromatic heterocycles. The molecule has 6 rings (SSSR count). The summed E-state index contributed by atoms with van der Waals surface area (Å²) in [5.41, 5.74) is 7.01. The molecule has 40 heavy (non-hydrogen) atoms. The number of rotatable bonds is 6. The Morgan fingerprint density at radius 3 is 1.85 bits per heavy atom. The van der Waals surface area contributed by atoms with E-state index in [0.29, 0.717) is 22.7 Å². The smallest absolute Gasteiger partial charge is 0.238 e. The maximum absolute atomic E-state index is 13.4. The predicted octanol–water partition coefficient (Wildman–Crippen LogP) is 7.81. The lowest BCUT2D eigenvalue weighted by molar-refractivity contribution is -0.120. The third-order valence-corrected chi connectivity index (χ3v) is 6.85. The van der Waals surface area contributed by atoms with Gasteiger partial charge in [0.25, 0.3) is 0 Å². The first kappa shape index (κ1) is 25.2. The molecule has 0 aliphatic carbocycles. The lowest BCUT2D eigenvalue weighted by atomic mass is 9.90. The number of amides is 1. The van der Waals surface area contributed by atoms with Crippen molar-refractivity contribution in [1.82, 2.24) is 10.3 Å².